The fourth-order valence-corrected chi connectivity index (χ4v) is 6.27. The number of carbonyl (C=O) groups is 3. The number of anilines is 2. The van der Waals surface area contributed by atoms with E-state index in [9.17, 15) is 14.4 Å². The van der Waals surface area contributed by atoms with E-state index in [1.54, 1.807) is 35.5 Å². The molecule has 1 aliphatic carbocycles. The summed E-state index contributed by atoms with van der Waals surface area (Å²) in [6, 6.07) is 13.8. The molecule has 3 aromatic rings. The second-order valence-electron chi connectivity index (χ2n) is 10.6. The summed E-state index contributed by atoms with van der Waals surface area (Å²) >= 11 is 6.18. The standard InChI is InChI=1S/C30H30ClN5O3/c31-22-10-11-24-25(16-22)34-28(37)26(17-23-5-1-2-13-32-23)36(30(24)39)18-19-6-8-21(9-7-19)29(38)35-15-12-20-4-3-14-33-27(20)35/h1-5,10-11,13-14,16,19,21,26H,6-9,12,15,17-18H2,(H,34,37)/t19?,21?,26-/m1/s1. The molecular weight excluding hydrogens is 514 g/mol. The summed E-state index contributed by atoms with van der Waals surface area (Å²) in [5.41, 5.74) is 2.73. The van der Waals surface area contributed by atoms with Crippen molar-refractivity contribution in [3.05, 3.63) is 82.8 Å². The van der Waals surface area contributed by atoms with Gasteiger partial charge in [0.2, 0.25) is 11.8 Å². The normalized spacial score (nSPS) is 22.6. The topological polar surface area (TPSA) is 95.5 Å². The van der Waals surface area contributed by atoms with Gasteiger partial charge < -0.3 is 10.2 Å². The summed E-state index contributed by atoms with van der Waals surface area (Å²) in [6.07, 6.45) is 7.73. The second kappa shape index (κ2) is 10.8. The van der Waals surface area contributed by atoms with Gasteiger partial charge in [-0.15, -0.1) is 0 Å². The number of rotatable bonds is 5. The number of hydrogen-bond acceptors (Lipinski definition) is 5. The van der Waals surface area contributed by atoms with Crippen LogP contribution in [0.3, 0.4) is 0 Å². The van der Waals surface area contributed by atoms with Crippen molar-refractivity contribution in [2.45, 2.75) is 44.6 Å². The van der Waals surface area contributed by atoms with Gasteiger partial charge in [-0.1, -0.05) is 23.7 Å². The molecule has 0 bridgehead atoms. The van der Waals surface area contributed by atoms with Crippen molar-refractivity contribution >= 4 is 40.8 Å². The first kappa shape index (κ1) is 25.5. The summed E-state index contributed by atoms with van der Waals surface area (Å²) in [4.78, 5) is 53.1. The molecule has 0 saturated heterocycles. The van der Waals surface area contributed by atoms with Crippen LogP contribution in [0.2, 0.25) is 5.02 Å². The van der Waals surface area contributed by atoms with E-state index >= 15 is 0 Å². The smallest absolute Gasteiger partial charge is 0.256 e. The minimum absolute atomic E-state index is 0.0514. The maximum Gasteiger partial charge on any atom is 0.256 e. The Hall–Kier alpha value is -3.78. The number of pyridine rings is 2. The number of fused-ring (bicyclic) bond motifs is 2. The molecule has 0 radical (unpaired) electrons. The van der Waals surface area contributed by atoms with Crippen LogP contribution < -0.4 is 10.2 Å². The largest absolute Gasteiger partial charge is 0.326 e. The van der Waals surface area contributed by atoms with Gasteiger partial charge in [0.15, 0.2) is 0 Å². The van der Waals surface area contributed by atoms with E-state index in [1.165, 1.54) is 0 Å². The highest BCUT2D eigenvalue weighted by Gasteiger charge is 2.39. The molecule has 39 heavy (non-hydrogen) atoms. The van der Waals surface area contributed by atoms with Gasteiger partial charge in [-0.3, -0.25) is 24.3 Å². The Balaban J connectivity index is 1.18. The van der Waals surface area contributed by atoms with E-state index in [4.69, 9.17) is 11.6 Å². The Bertz CT molecular complexity index is 1410. The molecule has 6 rings (SSSR count). The van der Waals surface area contributed by atoms with Crippen molar-refractivity contribution in [2.75, 3.05) is 23.3 Å². The van der Waals surface area contributed by atoms with Gasteiger partial charge in [0, 0.05) is 48.5 Å². The van der Waals surface area contributed by atoms with Gasteiger partial charge in [-0.25, -0.2) is 4.98 Å². The van der Waals surface area contributed by atoms with Gasteiger partial charge in [0.25, 0.3) is 5.91 Å². The first-order chi connectivity index (χ1) is 19.0. The Labute approximate surface area is 232 Å². The van der Waals surface area contributed by atoms with Crippen molar-refractivity contribution < 1.29 is 14.4 Å². The first-order valence-corrected chi connectivity index (χ1v) is 13.9. The molecule has 1 aromatic carbocycles. The fourth-order valence-electron chi connectivity index (χ4n) is 6.10. The summed E-state index contributed by atoms with van der Waals surface area (Å²) in [5.74, 6) is 0.634. The van der Waals surface area contributed by atoms with E-state index < -0.39 is 6.04 Å². The quantitative estimate of drug-likeness (QED) is 0.510. The number of carbonyl (C=O) groups excluding carboxylic acids is 3. The Morgan fingerprint density at radius 2 is 1.82 bits per heavy atom. The summed E-state index contributed by atoms with van der Waals surface area (Å²) < 4.78 is 0. The maximum absolute atomic E-state index is 13.8. The summed E-state index contributed by atoms with van der Waals surface area (Å²) in [6.45, 7) is 1.13. The molecule has 1 atom stereocenters. The van der Waals surface area contributed by atoms with Crippen LogP contribution in [0.15, 0.2) is 60.9 Å². The molecule has 200 valence electrons. The zero-order valence-electron chi connectivity index (χ0n) is 21.6. The van der Waals surface area contributed by atoms with Crippen molar-refractivity contribution in [2.24, 2.45) is 11.8 Å². The third-order valence-corrected chi connectivity index (χ3v) is 8.42. The molecule has 0 spiro atoms. The molecule has 0 unspecified atom stereocenters. The van der Waals surface area contributed by atoms with Gasteiger partial charge >= 0.3 is 0 Å². The average molecular weight is 544 g/mol. The molecule has 3 aliphatic rings. The fraction of sp³-hybridized carbons (Fsp3) is 0.367. The zero-order chi connectivity index (χ0) is 26.9. The predicted molar refractivity (Wildman–Crippen MR) is 149 cm³/mol. The van der Waals surface area contributed by atoms with Gasteiger partial charge in [-0.05, 0) is 80.0 Å². The third kappa shape index (κ3) is 5.13. The van der Waals surface area contributed by atoms with Crippen molar-refractivity contribution in [3.63, 3.8) is 0 Å². The number of nitrogens with zero attached hydrogens (tertiary/aromatic N) is 4. The molecule has 3 amide bonds. The van der Waals surface area contributed by atoms with Crippen LogP contribution in [-0.2, 0) is 22.4 Å². The average Bonchev–Trinajstić information content (AvgIpc) is 3.36. The molecule has 2 aromatic heterocycles. The highest BCUT2D eigenvalue weighted by Crippen LogP contribution is 2.35. The molecular formula is C30H30ClN5O3. The van der Waals surface area contributed by atoms with Crippen LogP contribution in [-0.4, -0.2) is 51.7 Å². The van der Waals surface area contributed by atoms with Crippen molar-refractivity contribution in [1.82, 2.24) is 14.9 Å². The second-order valence-corrected chi connectivity index (χ2v) is 11.1. The van der Waals surface area contributed by atoms with Crippen LogP contribution in [0.1, 0.15) is 47.3 Å². The number of aromatic nitrogens is 2. The molecule has 2 aliphatic heterocycles. The molecule has 9 heteroatoms. The number of amides is 3. The van der Waals surface area contributed by atoms with E-state index in [0.29, 0.717) is 35.8 Å². The van der Waals surface area contributed by atoms with Crippen LogP contribution >= 0.6 is 11.6 Å². The lowest BCUT2D eigenvalue weighted by molar-refractivity contribution is -0.123. The predicted octanol–water partition coefficient (Wildman–Crippen LogP) is 4.53. The Morgan fingerprint density at radius 3 is 2.62 bits per heavy atom. The van der Waals surface area contributed by atoms with Crippen molar-refractivity contribution in [3.8, 4) is 0 Å². The summed E-state index contributed by atoms with van der Waals surface area (Å²) in [5, 5.41) is 3.38. The Morgan fingerprint density at radius 1 is 1.00 bits per heavy atom. The lowest BCUT2D eigenvalue weighted by Crippen LogP contribution is -2.49. The van der Waals surface area contributed by atoms with Crippen LogP contribution in [0, 0.1) is 11.8 Å². The lowest BCUT2D eigenvalue weighted by Gasteiger charge is -2.35. The minimum atomic E-state index is -0.704. The van der Waals surface area contributed by atoms with Crippen LogP contribution in [0.5, 0.6) is 0 Å². The van der Waals surface area contributed by atoms with E-state index in [1.807, 2.05) is 35.2 Å². The third-order valence-electron chi connectivity index (χ3n) is 8.18. The van der Waals surface area contributed by atoms with Crippen LogP contribution in [0.4, 0.5) is 11.5 Å². The minimum Gasteiger partial charge on any atom is -0.326 e. The van der Waals surface area contributed by atoms with Gasteiger partial charge in [0.1, 0.15) is 11.9 Å². The SMILES string of the molecule is O=C1Nc2cc(Cl)ccc2C(=O)N(CC2CCC(C(=O)N3CCc4cccnc43)CC2)[C@@H]1Cc1ccccn1. The van der Waals surface area contributed by atoms with E-state index in [-0.39, 0.29) is 29.6 Å². The monoisotopic (exact) mass is 543 g/mol. The van der Waals surface area contributed by atoms with Crippen LogP contribution in [0.25, 0.3) is 0 Å². The maximum atomic E-state index is 13.8. The molecule has 1 fully saturated rings. The Kier molecular flexibility index (Phi) is 7.04. The van der Waals surface area contributed by atoms with E-state index in [2.05, 4.69) is 15.3 Å². The number of nitrogens with one attached hydrogen (secondary N) is 1. The number of halogens is 1. The highest BCUT2D eigenvalue weighted by molar-refractivity contribution is 6.31. The summed E-state index contributed by atoms with van der Waals surface area (Å²) in [7, 11) is 0. The number of benzene rings is 1. The highest BCUT2D eigenvalue weighted by atomic mass is 35.5. The van der Waals surface area contributed by atoms with E-state index in [0.717, 1.165) is 49.2 Å². The van der Waals surface area contributed by atoms with Crippen molar-refractivity contribution in [1.29, 1.82) is 0 Å². The van der Waals surface area contributed by atoms with Gasteiger partial charge in [-0.2, -0.15) is 0 Å². The molecule has 1 saturated carbocycles. The first-order valence-electron chi connectivity index (χ1n) is 13.5. The zero-order valence-corrected chi connectivity index (χ0v) is 22.3. The van der Waals surface area contributed by atoms with Gasteiger partial charge in [0.05, 0.1) is 11.3 Å². The molecule has 1 N–H and O–H groups in total. The molecule has 4 heterocycles. The number of hydrogen-bond donors (Lipinski definition) is 1. The lowest BCUT2D eigenvalue weighted by atomic mass is 9.80. The molecule has 8 nitrogen and oxygen atoms in total.